The molecule has 0 bridgehead atoms. The van der Waals surface area contributed by atoms with Gasteiger partial charge in [0.05, 0.1) is 12.1 Å². The van der Waals surface area contributed by atoms with E-state index in [2.05, 4.69) is 14.6 Å². The molecule has 0 spiro atoms. The van der Waals surface area contributed by atoms with Crippen LogP contribution in [0.15, 0.2) is 54.6 Å². The van der Waals surface area contributed by atoms with Gasteiger partial charge in [-0.2, -0.15) is 0 Å². The first-order chi connectivity index (χ1) is 11.2. The number of benzene rings is 2. The van der Waals surface area contributed by atoms with Crippen molar-refractivity contribution in [1.29, 1.82) is 0 Å². The van der Waals surface area contributed by atoms with Gasteiger partial charge in [-0.05, 0) is 30.4 Å². The van der Waals surface area contributed by atoms with Gasteiger partial charge in [0, 0.05) is 5.56 Å². The summed E-state index contributed by atoms with van der Waals surface area (Å²) in [6.45, 7) is 1.31. The molecule has 2 rings (SSSR count). The fourth-order valence-corrected chi connectivity index (χ4v) is 2.21. The molecule has 0 aliphatic carbocycles. The molecule has 0 aliphatic heterocycles. The molecule has 0 amide bonds. The lowest BCUT2D eigenvalue weighted by molar-refractivity contribution is 0.0472. The SMILES string of the molecule is O=C(CNCCP)c1ccc(C(=O)OCc2ccccc2)cc1. The van der Waals surface area contributed by atoms with Gasteiger partial charge in [-0.3, -0.25) is 4.79 Å². The molecule has 0 saturated heterocycles. The van der Waals surface area contributed by atoms with E-state index in [1.165, 1.54) is 0 Å². The van der Waals surface area contributed by atoms with Crippen LogP contribution in [-0.2, 0) is 11.3 Å². The number of hydrogen-bond acceptors (Lipinski definition) is 4. The highest BCUT2D eigenvalue weighted by atomic mass is 31.0. The van der Waals surface area contributed by atoms with E-state index in [-0.39, 0.29) is 12.4 Å². The van der Waals surface area contributed by atoms with Crippen molar-refractivity contribution in [2.24, 2.45) is 0 Å². The Labute approximate surface area is 138 Å². The van der Waals surface area contributed by atoms with Gasteiger partial charge in [0.1, 0.15) is 6.61 Å². The zero-order chi connectivity index (χ0) is 16.5. The zero-order valence-corrected chi connectivity index (χ0v) is 14.0. The van der Waals surface area contributed by atoms with Crippen molar-refractivity contribution in [3.63, 3.8) is 0 Å². The van der Waals surface area contributed by atoms with Gasteiger partial charge in [-0.25, -0.2) is 4.79 Å². The molecule has 1 atom stereocenters. The molecule has 2 aromatic carbocycles. The monoisotopic (exact) mass is 329 g/mol. The molecule has 0 heterocycles. The summed E-state index contributed by atoms with van der Waals surface area (Å²) in [7, 11) is 2.60. The van der Waals surface area contributed by atoms with Crippen LogP contribution in [0.4, 0.5) is 0 Å². The minimum absolute atomic E-state index is 0.00709. The third-order valence-corrected chi connectivity index (χ3v) is 3.55. The number of ketones is 1. The lowest BCUT2D eigenvalue weighted by Crippen LogP contribution is -2.24. The predicted octanol–water partition coefficient (Wildman–Crippen LogP) is 2.69. The summed E-state index contributed by atoms with van der Waals surface area (Å²) in [5, 5.41) is 3.05. The Kier molecular flexibility index (Phi) is 6.92. The Balaban J connectivity index is 1.88. The van der Waals surface area contributed by atoms with Gasteiger partial charge in [-0.1, -0.05) is 42.5 Å². The standard InChI is InChI=1S/C18H20NO3P/c20-17(12-19-10-11-23)15-6-8-16(9-7-15)18(21)22-13-14-4-2-1-3-5-14/h1-9,19H,10-13,23H2. The summed E-state index contributed by atoms with van der Waals surface area (Å²) in [6.07, 6.45) is 0.902. The number of hydrogen-bond donors (Lipinski definition) is 1. The minimum atomic E-state index is -0.394. The van der Waals surface area contributed by atoms with Crippen LogP contribution >= 0.6 is 9.24 Å². The van der Waals surface area contributed by atoms with Crippen LogP contribution in [0.25, 0.3) is 0 Å². The number of Topliss-reactive ketones (excluding diaryl/α,β-unsaturated/α-hetero) is 1. The van der Waals surface area contributed by atoms with Crippen LogP contribution in [0.1, 0.15) is 26.3 Å². The van der Waals surface area contributed by atoms with Gasteiger partial charge in [0.2, 0.25) is 0 Å². The van der Waals surface area contributed by atoms with Gasteiger partial charge in [0.25, 0.3) is 0 Å². The van der Waals surface area contributed by atoms with Gasteiger partial charge < -0.3 is 10.1 Å². The first-order valence-electron chi connectivity index (χ1n) is 7.46. The molecule has 2 aromatic rings. The summed E-state index contributed by atoms with van der Waals surface area (Å²) in [5.74, 6) is -0.387. The van der Waals surface area contributed by atoms with E-state index >= 15 is 0 Å². The third-order valence-electron chi connectivity index (χ3n) is 3.26. The fraction of sp³-hybridized carbons (Fsp3) is 0.222. The van der Waals surface area contributed by atoms with Crippen molar-refractivity contribution in [2.45, 2.75) is 6.61 Å². The Bertz CT molecular complexity index is 641. The molecule has 5 heteroatoms. The topological polar surface area (TPSA) is 55.4 Å². The van der Waals surface area contributed by atoms with Crippen LogP contribution in [0.2, 0.25) is 0 Å². The highest BCUT2D eigenvalue weighted by molar-refractivity contribution is 7.16. The second kappa shape index (κ2) is 9.19. The number of rotatable bonds is 8. The van der Waals surface area contributed by atoms with Crippen LogP contribution in [-0.4, -0.2) is 31.0 Å². The van der Waals surface area contributed by atoms with Crippen molar-refractivity contribution < 1.29 is 14.3 Å². The van der Waals surface area contributed by atoms with E-state index in [1.807, 2.05) is 30.3 Å². The molecule has 4 nitrogen and oxygen atoms in total. The number of carbonyl (C=O) groups is 2. The zero-order valence-electron chi connectivity index (χ0n) is 12.8. The smallest absolute Gasteiger partial charge is 0.338 e. The van der Waals surface area contributed by atoms with Crippen LogP contribution < -0.4 is 5.32 Å². The Morgan fingerprint density at radius 1 is 0.957 bits per heavy atom. The molecule has 0 aromatic heterocycles. The molecule has 120 valence electrons. The fourth-order valence-electron chi connectivity index (χ4n) is 2.00. The maximum atomic E-state index is 12.0. The van der Waals surface area contributed by atoms with Crippen LogP contribution in [0.3, 0.4) is 0 Å². The van der Waals surface area contributed by atoms with E-state index in [4.69, 9.17) is 4.74 Å². The second-order valence-corrected chi connectivity index (χ2v) is 5.61. The summed E-state index contributed by atoms with van der Waals surface area (Å²) in [4.78, 5) is 23.9. The van der Waals surface area contributed by atoms with Gasteiger partial charge in [-0.15, -0.1) is 9.24 Å². The molecule has 0 saturated carbocycles. The van der Waals surface area contributed by atoms with Gasteiger partial charge >= 0.3 is 5.97 Å². The van der Waals surface area contributed by atoms with E-state index in [0.29, 0.717) is 17.7 Å². The predicted molar refractivity (Wildman–Crippen MR) is 93.8 cm³/mol. The molecular weight excluding hydrogens is 309 g/mol. The molecule has 23 heavy (non-hydrogen) atoms. The number of esters is 1. The average molecular weight is 329 g/mol. The van der Waals surface area contributed by atoms with Crippen molar-refractivity contribution in [2.75, 3.05) is 19.3 Å². The quantitative estimate of drug-likeness (QED) is 0.350. The van der Waals surface area contributed by atoms with Crippen molar-refractivity contribution in [1.82, 2.24) is 5.32 Å². The molecule has 1 unspecified atom stereocenters. The highest BCUT2D eigenvalue weighted by Crippen LogP contribution is 2.09. The van der Waals surface area contributed by atoms with Crippen molar-refractivity contribution >= 4 is 21.0 Å². The highest BCUT2D eigenvalue weighted by Gasteiger charge is 2.10. The van der Waals surface area contributed by atoms with Crippen LogP contribution in [0, 0.1) is 0 Å². The van der Waals surface area contributed by atoms with Crippen molar-refractivity contribution in [3.05, 3.63) is 71.3 Å². The van der Waals surface area contributed by atoms with E-state index in [1.54, 1.807) is 24.3 Å². The van der Waals surface area contributed by atoms with E-state index in [0.717, 1.165) is 18.3 Å². The Hall–Kier alpha value is -2.03. The van der Waals surface area contributed by atoms with Crippen molar-refractivity contribution in [3.8, 4) is 0 Å². The summed E-state index contributed by atoms with van der Waals surface area (Å²) in [5.41, 5.74) is 1.96. The minimum Gasteiger partial charge on any atom is -0.457 e. The first-order valence-corrected chi connectivity index (χ1v) is 8.27. The van der Waals surface area contributed by atoms with E-state index in [9.17, 15) is 9.59 Å². The second-order valence-electron chi connectivity index (χ2n) is 5.03. The lowest BCUT2D eigenvalue weighted by atomic mass is 10.1. The molecule has 0 radical (unpaired) electrons. The van der Waals surface area contributed by atoms with E-state index < -0.39 is 5.97 Å². The average Bonchev–Trinajstić information content (AvgIpc) is 2.61. The molecule has 0 aliphatic rings. The first kappa shape index (κ1) is 17.3. The number of ether oxygens (including phenoxy) is 1. The number of carbonyl (C=O) groups excluding carboxylic acids is 2. The normalized spacial score (nSPS) is 10.3. The Morgan fingerprint density at radius 3 is 2.26 bits per heavy atom. The summed E-state index contributed by atoms with van der Waals surface area (Å²) in [6, 6.07) is 16.1. The van der Waals surface area contributed by atoms with Gasteiger partial charge in [0.15, 0.2) is 5.78 Å². The Morgan fingerprint density at radius 2 is 1.61 bits per heavy atom. The lowest BCUT2D eigenvalue weighted by Gasteiger charge is -2.06. The number of nitrogens with one attached hydrogen (secondary N) is 1. The molecule has 1 N–H and O–H groups in total. The summed E-state index contributed by atoms with van der Waals surface area (Å²) >= 11 is 0. The van der Waals surface area contributed by atoms with Crippen LogP contribution in [0.5, 0.6) is 0 Å². The third kappa shape index (κ3) is 5.59. The summed E-state index contributed by atoms with van der Waals surface area (Å²) < 4.78 is 5.26. The maximum Gasteiger partial charge on any atom is 0.338 e. The maximum absolute atomic E-state index is 12.0. The molecular formula is C18H20NO3P. The molecule has 0 fully saturated rings. The largest absolute Gasteiger partial charge is 0.457 e.